The minimum atomic E-state index is -4.80. The van der Waals surface area contributed by atoms with Crippen LogP contribution in [0.4, 0.5) is 17.6 Å². The predicted molar refractivity (Wildman–Crippen MR) is 61.5 cm³/mol. The van der Waals surface area contributed by atoms with Gasteiger partial charge in [0, 0.05) is 0 Å². The number of alkyl halides is 3. The zero-order valence-corrected chi connectivity index (χ0v) is 10.3. The largest absolute Gasteiger partial charge is 0.475 e. The average Bonchev–Trinajstić information content (AvgIpc) is 2.37. The van der Waals surface area contributed by atoms with Gasteiger partial charge in [0.25, 0.3) is 0 Å². The zero-order valence-electron chi connectivity index (χ0n) is 10.3. The number of carbonyl (C=O) groups is 1. The fourth-order valence-corrected chi connectivity index (χ4v) is 1.81. The van der Waals surface area contributed by atoms with Crippen molar-refractivity contribution in [3.63, 3.8) is 0 Å². The second-order valence-electron chi connectivity index (χ2n) is 4.01. The summed E-state index contributed by atoms with van der Waals surface area (Å²) in [6.45, 7) is 1.37. The van der Waals surface area contributed by atoms with Crippen molar-refractivity contribution in [2.75, 3.05) is 6.61 Å². The van der Waals surface area contributed by atoms with Crippen molar-refractivity contribution in [1.29, 1.82) is 0 Å². The van der Waals surface area contributed by atoms with Gasteiger partial charge in [-0.3, -0.25) is 0 Å². The van der Waals surface area contributed by atoms with Crippen molar-refractivity contribution in [1.82, 2.24) is 0 Å². The van der Waals surface area contributed by atoms with Crippen LogP contribution >= 0.6 is 0 Å². The Hall–Kier alpha value is -2.05. The smallest absolute Gasteiger partial charge is 0.430 e. The minimum absolute atomic E-state index is 0.0924. The van der Waals surface area contributed by atoms with E-state index in [9.17, 15) is 22.4 Å². The van der Waals surface area contributed by atoms with Crippen LogP contribution in [-0.4, -0.2) is 24.9 Å². The summed E-state index contributed by atoms with van der Waals surface area (Å²) in [5, 5.41) is 0. The van der Waals surface area contributed by atoms with Crippen LogP contribution in [0.5, 0.6) is 5.75 Å². The van der Waals surface area contributed by atoms with Gasteiger partial charge in [-0.15, -0.1) is 0 Å². The third-order valence-electron chi connectivity index (χ3n) is 2.65. The molecule has 108 valence electrons. The van der Waals surface area contributed by atoms with E-state index in [1.807, 2.05) is 0 Å². The number of ether oxygens (including phenoxy) is 2. The Morgan fingerprint density at radius 1 is 1.40 bits per heavy atom. The summed E-state index contributed by atoms with van der Waals surface area (Å²) in [6, 6.07) is 3.50. The molecule has 1 unspecified atom stereocenters. The monoisotopic (exact) mass is 290 g/mol. The highest BCUT2D eigenvalue weighted by Gasteiger charge is 2.49. The average molecular weight is 290 g/mol. The van der Waals surface area contributed by atoms with Gasteiger partial charge in [0.15, 0.2) is 0 Å². The number of fused-ring (bicyclic) bond motifs is 1. The van der Waals surface area contributed by atoms with Crippen molar-refractivity contribution in [2.24, 2.45) is 0 Å². The fraction of sp³-hybridized carbons (Fsp3) is 0.308. The molecule has 7 heteroatoms. The molecule has 0 fully saturated rings. The first-order valence-electron chi connectivity index (χ1n) is 5.75. The van der Waals surface area contributed by atoms with Crippen molar-refractivity contribution >= 4 is 12.0 Å². The lowest BCUT2D eigenvalue weighted by molar-refractivity contribution is -0.188. The Bertz CT molecular complexity index is 563. The lowest BCUT2D eigenvalue weighted by Crippen LogP contribution is -2.40. The van der Waals surface area contributed by atoms with Crippen LogP contribution in [0, 0.1) is 5.82 Å². The number of hydrogen-bond acceptors (Lipinski definition) is 3. The number of halogens is 4. The molecule has 1 atom stereocenters. The molecule has 1 heterocycles. The first-order valence-corrected chi connectivity index (χ1v) is 5.75. The highest BCUT2D eigenvalue weighted by molar-refractivity contribution is 5.96. The molecule has 1 aliphatic rings. The molecule has 0 amide bonds. The van der Waals surface area contributed by atoms with Gasteiger partial charge >= 0.3 is 12.1 Å². The van der Waals surface area contributed by atoms with E-state index in [0.29, 0.717) is 0 Å². The van der Waals surface area contributed by atoms with Gasteiger partial charge in [-0.1, -0.05) is 6.07 Å². The predicted octanol–water partition coefficient (Wildman–Crippen LogP) is 3.10. The third kappa shape index (κ3) is 2.61. The lowest BCUT2D eigenvalue weighted by atomic mass is 10.0. The highest BCUT2D eigenvalue weighted by atomic mass is 19.4. The molecule has 0 aromatic heterocycles. The number of benzene rings is 1. The lowest BCUT2D eigenvalue weighted by Gasteiger charge is -2.27. The molecule has 0 bridgehead atoms. The summed E-state index contributed by atoms with van der Waals surface area (Å²) in [4.78, 5) is 11.6. The van der Waals surface area contributed by atoms with Gasteiger partial charge in [-0.25, -0.2) is 9.18 Å². The Balaban J connectivity index is 2.51. The van der Waals surface area contributed by atoms with Crippen molar-refractivity contribution in [3.8, 4) is 5.75 Å². The molecule has 0 N–H and O–H groups in total. The number of esters is 1. The first kappa shape index (κ1) is 14.4. The van der Waals surface area contributed by atoms with E-state index in [1.165, 1.54) is 19.1 Å². The number of carbonyl (C=O) groups excluding carboxylic acids is 1. The Morgan fingerprint density at radius 2 is 2.10 bits per heavy atom. The summed E-state index contributed by atoms with van der Waals surface area (Å²) in [5.41, 5.74) is -0.965. The van der Waals surface area contributed by atoms with E-state index >= 15 is 0 Å². The Kier molecular flexibility index (Phi) is 3.69. The molecule has 3 nitrogen and oxygen atoms in total. The van der Waals surface area contributed by atoms with Crippen molar-refractivity contribution in [3.05, 3.63) is 35.2 Å². The zero-order chi connectivity index (χ0) is 14.9. The molecule has 0 saturated carbocycles. The molecule has 0 spiro atoms. The van der Waals surface area contributed by atoms with E-state index in [0.717, 1.165) is 12.1 Å². The molecule has 2 rings (SSSR count). The van der Waals surface area contributed by atoms with Gasteiger partial charge in [0.05, 0.1) is 17.7 Å². The van der Waals surface area contributed by atoms with Crippen LogP contribution in [0.2, 0.25) is 0 Å². The van der Waals surface area contributed by atoms with Gasteiger partial charge in [0.2, 0.25) is 6.10 Å². The maximum Gasteiger partial charge on any atom is 0.430 e. The maximum absolute atomic E-state index is 13.6. The topological polar surface area (TPSA) is 35.5 Å². The van der Waals surface area contributed by atoms with Crippen molar-refractivity contribution in [2.45, 2.75) is 19.2 Å². The SMILES string of the molecule is CCOC(=O)C1=Cc2c(F)cccc2OC1C(F)(F)F. The Labute approximate surface area is 111 Å². The second kappa shape index (κ2) is 5.15. The molecule has 0 radical (unpaired) electrons. The molecular weight excluding hydrogens is 280 g/mol. The Morgan fingerprint density at radius 3 is 2.70 bits per heavy atom. The van der Waals surface area contributed by atoms with Gasteiger partial charge in [-0.2, -0.15) is 13.2 Å². The molecule has 1 aromatic carbocycles. The van der Waals surface area contributed by atoms with E-state index < -0.39 is 29.6 Å². The normalized spacial score (nSPS) is 17.9. The van der Waals surface area contributed by atoms with E-state index in [1.54, 1.807) is 0 Å². The van der Waals surface area contributed by atoms with E-state index in [-0.39, 0.29) is 17.9 Å². The van der Waals surface area contributed by atoms with Crippen LogP contribution < -0.4 is 4.74 Å². The van der Waals surface area contributed by atoms with Gasteiger partial charge < -0.3 is 9.47 Å². The summed E-state index contributed by atoms with van der Waals surface area (Å²) < 4.78 is 61.6. The van der Waals surface area contributed by atoms with E-state index in [2.05, 4.69) is 4.74 Å². The van der Waals surface area contributed by atoms with Crippen LogP contribution in [0.25, 0.3) is 6.08 Å². The van der Waals surface area contributed by atoms with Crippen LogP contribution in [0.1, 0.15) is 12.5 Å². The number of rotatable bonds is 2. The molecule has 1 aliphatic heterocycles. The number of hydrogen-bond donors (Lipinski definition) is 0. The molecule has 0 saturated heterocycles. The maximum atomic E-state index is 13.6. The standard InChI is InChI=1S/C13H10F4O3/c1-2-19-12(18)8-6-7-9(14)4-3-5-10(7)20-11(8)13(15,16)17/h3-6,11H,2H2,1H3. The molecule has 1 aromatic rings. The summed E-state index contributed by atoms with van der Waals surface area (Å²) in [6.07, 6.45) is -6.44. The van der Waals surface area contributed by atoms with Gasteiger partial charge in [-0.05, 0) is 25.1 Å². The minimum Gasteiger partial charge on any atom is -0.475 e. The summed E-state index contributed by atoms with van der Waals surface area (Å²) in [5.74, 6) is -2.21. The molecular formula is C13H10F4O3. The van der Waals surface area contributed by atoms with Crippen LogP contribution in [0.3, 0.4) is 0 Å². The fourth-order valence-electron chi connectivity index (χ4n) is 1.81. The quantitative estimate of drug-likeness (QED) is 0.620. The van der Waals surface area contributed by atoms with Crippen LogP contribution in [-0.2, 0) is 9.53 Å². The van der Waals surface area contributed by atoms with E-state index in [4.69, 9.17) is 4.74 Å². The highest BCUT2D eigenvalue weighted by Crippen LogP contribution is 2.38. The van der Waals surface area contributed by atoms with Crippen molar-refractivity contribution < 1.29 is 31.8 Å². The summed E-state index contributed by atoms with van der Waals surface area (Å²) in [7, 11) is 0. The third-order valence-corrected chi connectivity index (χ3v) is 2.65. The molecule has 0 aliphatic carbocycles. The first-order chi connectivity index (χ1) is 9.34. The van der Waals surface area contributed by atoms with Gasteiger partial charge in [0.1, 0.15) is 11.6 Å². The molecule has 20 heavy (non-hydrogen) atoms. The summed E-state index contributed by atoms with van der Waals surface area (Å²) >= 11 is 0. The van der Waals surface area contributed by atoms with Crippen LogP contribution in [0.15, 0.2) is 23.8 Å². The second-order valence-corrected chi connectivity index (χ2v) is 4.01.